The van der Waals surface area contributed by atoms with E-state index in [1.807, 2.05) is 19.1 Å². The minimum atomic E-state index is -3.47. The molecule has 26 heavy (non-hydrogen) atoms. The van der Waals surface area contributed by atoms with Crippen molar-refractivity contribution in [2.24, 2.45) is 0 Å². The number of sulfonamides is 1. The topological polar surface area (TPSA) is 62.1 Å². The zero-order chi connectivity index (χ0) is 19.5. The molecule has 146 valence electrons. The number of quaternary nitrogens is 1. The van der Waals surface area contributed by atoms with Gasteiger partial charge in [0.25, 0.3) is 5.91 Å². The molecular formula is C19H32N3O3S+. The number of piperazine rings is 1. The highest BCUT2D eigenvalue weighted by Gasteiger charge is 2.34. The summed E-state index contributed by atoms with van der Waals surface area (Å²) in [4.78, 5) is 15.2. The Morgan fingerprint density at radius 1 is 1.15 bits per heavy atom. The predicted molar refractivity (Wildman–Crippen MR) is 103 cm³/mol. The van der Waals surface area contributed by atoms with Crippen LogP contribution in [0.3, 0.4) is 0 Å². The van der Waals surface area contributed by atoms with E-state index in [0.717, 1.165) is 16.9 Å². The molecule has 0 radical (unpaired) electrons. The SMILES string of the molecule is CC[C@@H](C)c1ccc(S(=O)(=O)N2CC[NH+]([C@@H](C)C(=O)N(C)C)CC2)cc1. The molecule has 0 unspecified atom stereocenters. The van der Waals surface area contributed by atoms with E-state index >= 15 is 0 Å². The number of nitrogens with one attached hydrogen (secondary N) is 1. The molecule has 6 nitrogen and oxygen atoms in total. The molecule has 1 amide bonds. The van der Waals surface area contributed by atoms with Crippen LogP contribution in [0.25, 0.3) is 0 Å². The number of carbonyl (C=O) groups excluding carboxylic acids is 1. The Labute approximate surface area is 157 Å². The fourth-order valence-electron chi connectivity index (χ4n) is 3.36. The van der Waals surface area contributed by atoms with Gasteiger partial charge in [0.1, 0.15) is 0 Å². The Morgan fingerprint density at radius 3 is 2.15 bits per heavy atom. The largest absolute Gasteiger partial charge is 0.344 e. The lowest BCUT2D eigenvalue weighted by molar-refractivity contribution is -0.917. The van der Waals surface area contributed by atoms with Crippen molar-refractivity contribution < 1.29 is 18.1 Å². The molecule has 1 aromatic rings. The van der Waals surface area contributed by atoms with Gasteiger partial charge >= 0.3 is 0 Å². The minimum absolute atomic E-state index is 0.0805. The first-order valence-corrected chi connectivity index (χ1v) is 10.8. The number of hydrogen-bond donors (Lipinski definition) is 1. The lowest BCUT2D eigenvalue weighted by atomic mass is 9.99. The van der Waals surface area contributed by atoms with Gasteiger partial charge in [0.2, 0.25) is 10.0 Å². The standard InChI is InChI=1S/C19H31N3O3S/c1-6-15(2)17-7-9-18(10-8-17)26(24,25)22-13-11-21(12-14-22)16(3)19(23)20(4)5/h7-10,15-16H,6,11-14H2,1-5H3/p+1/t15-,16+/m1/s1. The molecule has 0 spiro atoms. The number of rotatable bonds is 6. The molecule has 1 fully saturated rings. The molecule has 0 bridgehead atoms. The van der Waals surface area contributed by atoms with Crippen LogP contribution in [0.5, 0.6) is 0 Å². The maximum absolute atomic E-state index is 12.9. The molecule has 2 rings (SSSR count). The third-order valence-electron chi connectivity index (χ3n) is 5.49. The van der Waals surface area contributed by atoms with Crippen molar-refractivity contribution in [1.29, 1.82) is 0 Å². The number of benzene rings is 1. The fourth-order valence-corrected chi connectivity index (χ4v) is 4.80. The number of nitrogens with zero attached hydrogens (tertiary/aromatic N) is 2. The van der Waals surface area contributed by atoms with E-state index in [2.05, 4.69) is 13.8 Å². The van der Waals surface area contributed by atoms with Crippen molar-refractivity contribution >= 4 is 15.9 Å². The number of hydrogen-bond acceptors (Lipinski definition) is 3. The second kappa shape index (κ2) is 8.50. The van der Waals surface area contributed by atoms with Crippen molar-refractivity contribution in [3.63, 3.8) is 0 Å². The molecule has 7 heteroatoms. The summed E-state index contributed by atoms with van der Waals surface area (Å²) in [7, 11) is 0.0318. The van der Waals surface area contributed by atoms with Crippen LogP contribution in [-0.2, 0) is 14.8 Å². The molecule has 0 aliphatic carbocycles. The van der Waals surface area contributed by atoms with Gasteiger partial charge in [-0.05, 0) is 37.0 Å². The summed E-state index contributed by atoms with van der Waals surface area (Å²) in [5, 5.41) is 0. The van der Waals surface area contributed by atoms with Crippen molar-refractivity contribution in [2.45, 2.75) is 44.0 Å². The fraction of sp³-hybridized carbons (Fsp3) is 0.632. The highest BCUT2D eigenvalue weighted by molar-refractivity contribution is 7.89. The summed E-state index contributed by atoms with van der Waals surface area (Å²) >= 11 is 0. The number of carbonyl (C=O) groups is 1. The van der Waals surface area contributed by atoms with Crippen molar-refractivity contribution in [1.82, 2.24) is 9.21 Å². The van der Waals surface area contributed by atoms with Crippen LogP contribution < -0.4 is 4.90 Å². The predicted octanol–water partition coefficient (Wildman–Crippen LogP) is 0.566. The summed E-state index contributed by atoms with van der Waals surface area (Å²) in [5.74, 6) is 0.506. The van der Waals surface area contributed by atoms with E-state index in [1.54, 1.807) is 35.4 Å². The molecule has 1 aromatic carbocycles. The Hall–Kier alpha value is -1.44. The third-order valence-corrected chi connectivity index (χ3v) is 7.40. The van der Waals surface area contributed by atoms with Gasteiger partial charge in [-0.15, -0.1) is 0 Å². The monoisotopic (exact) mass is 382 g/mol. The molecule has 0 aromatic heterocycles. The highest BCUT2D eigenvalue weighted by atomic mass is 32.2. The summed E-state index contributed by atoms with van der Waals surface area (Å²) in [5.41, 5.74) is 1.16. The summed E-state index contributed by atoms with van der Waals surface area (Å²) < 4.78 is 27.3. The van der Waals surface area contributed by atoms with Crippen molar-refractivity contribution in [3.8, 4) is 0 Å². The minimum Gasteiger partial charge on any atom is -0.344 e. The van der Waals surface area contributed by atoms with Crippen LogP contribution in [0.1, 0.15) is 38.7 Å². The van der Waals surface area contributed by atoms with Gasteiger partial charge in [-0.2, -0.15) is 4.31 Å². The summed E-state index contributed by atoms with van der Waals surface area (Å²) in [6.45, 7) is 8.35. The second-order valence-electron chi connectivity index (χ2n) is 7.40. The average Bonchev–Trinajstić information content (AvgIpc) is 2.66. The Kier molecular flexibility index (Phi) is 6.82. The van der Waals surface area contributed by atoms with Crippen LogP contribution in [0.2, 0.25) is 0 Å². The van der Waals surface area contributed by atoms with Crippen LogP contribution in [-0.4, -0.2) is 69.8 Å². The van der Waals surface area contributed by atoms with Crippen molar-refractivity contribution in [2.75, 3.05) is 40.3 Å². The average molecular weight is 383 g/mol. The van der Waals surface area contributed by atoms with Gasteiger partial charge in [0, 0.05) is 14.1 Å². The Morgan fingerprint density at radius 2 is 1.69 bits per heavy atom. The summed E-state index contributed by atoms with van der Waals surface area (Å²) in [6, 6.07) is 7.12. The van der Waals surface area contributed by atoms with E-state index in [1.165, 1.54) is 0 Å². The second-order valence-corrected chi connectivity index (χ2v) is 9.33. The normalized spacial score (nSPS) is 19.1. The quantitative estimate of drug-likeness (QED) is 0.782. The zero-order valence-electron chi connectivity index (χ0n) is 16.5. The lowest BCUT2D eigenvalue weighted by Gasteiger charge is -2.34. The van der Waals surface area contributed by atoms with E-state index in [9.17, 15) is 13.2 Å². The molecule has 1 saturated heterocycles. The van der Waals surface area contributed by atoms with E-state index in [0.29, 0.717) is 37.0 Å². The van der Waals surface area contributed by atoms with Gasteiger partial charge in [-0.3, -0.25) is 4.79 Å². The smallest absolute Gasteiger partial charge is 0.280 e. The summed E-state index contributed by atoms with van der Waals surface area (Å²) in [6.07, 6.45) is 1.03. The molecule has 1 N–H and O–H groups in total. The van der Waals surface area contributed by atoms with Crippen LogP contribution in [0, 0.1) is 0 Å². The van der Waals surface area contributed by atoms with E-state index in [4.69, 9.17) is 0 Å². The maximum Gasteiger partial charge on any atom is 0.280 e. The molecular weight excluding hydrogens is 350 g/mol. The Bertz CT molecular complexity index is 708. The van der Waals surface area contributed by atoms with E-state index < -0.39 is 10.0 Å². The van der Waals surface area contributed by atoms with E-state index in [-0.39, 0.29) is 11.9 Å². The number of amides is 1. The first kappa shape index (κ1) is 20.9. The van der Waals surface area contributed by atoms with Gasteiger partial charge in [0.05, 0.1) is 31.1 Å². The van der Waals surface area contributed by atoms with Gasteiger partial charge in [-0.25, -0.2) is 8.42 Å². The highest BCUT2D eigenvalue weighted by Crippen LogP contribution is 2.22. The molecule has 1 aliphatic heterocycles. The molecule has 1 aliphatic rings. The first-order valence-electron chi connectivity index (χ1n) is 9.34. The zero-order valence-corrected chi connectivity index (χ0v) is 17.3. The molecule has 0 saturated carbocycles. The van der Waals surface area contributed by atoms with Crippen LogP contribution >= 0.6 is 0 Å². The van der Waals surface area contributed by atoms with Crippen LogP contribution in [0.4, 0.5) is 0 Å². The Balaban J connectivity index is 2.04. The van der Waals surface area contributed by atoms with Crippen LogP contribution in [0.15, 0.2) is 29.2 Å². The molecule has 2 atom stereocenters. The van der Waals surface area contributed by atoms with Gasteiger partial charge in [-0.1, -0.05) is 26.0 Å². The third kappa shape index (κ3) is 4.45. The number of likely N-dealkylation sites (N-methyl/N-ethyl adjacent to an activating group) is 1. The first-order chi connectivity index (χ1) is 12.2. The molecule has 1 heterocycles. The lowest BCUT2D eigenvalue weighted by Crippen LogP contribution is -3.19. The van der Waals surface area contributed by atoms with Gasteiger partial charge < -0.3 is 9.80 Å². The van der Waals surface area contributed by atoms with Gasteiger partial charge in [0.15, 0.2) is 6.04 Å². The van der Waals surface area contributed by atoms with Crippen molar-refractivity contribution in [3.05, 3.63) is 29.8 Å². The maximum atomic E-state index is 12.9.